The van der Waals surface area contributed by atoms with Crippen molar-refractivity contribution in [2.75, 3.05) is 48.3 Å². The number of carboxylic acid groups (broad SMARTS) is 2. The molecule has 1 aliphatic heterocycles. The Labute approximate surface area is 243 Å². The van der Waals surface area contributed by atoms with E-state index in [0.29, 0.717) is 43.1 Å². The van der Waals surface area contributed by atoms with Crippen LogP contribution in [-0.2, 0) is 9.59 Å². The van der Waals surface area contributed by atoms with E-state index >= 15 is 0 Å². The predicted octanol–water partition coefficient (Wildman–Crippen LogP) is 4.48. The van der Waals surface area contributed by atoms with E-state index in [1.807, 2.05) is 24.0 Å². The zero-order chi connectivity index (χ0) is 31.7. The maximum Gasteiger partial charge on any atom is 0.490 e. The second-order valence-corrected chi connectivity index (χ2v) is 9.48. The molecule has 228 valence electrons. The zero-order valence-corrected chi connectivity index (χ0v) is 22.8. The SMILES string of the molecule is Cc1ccc(C(=O)Nc2cc(C(=O)O)ccc2N2CCN(CC(=O)Nc3ccc(F)cc3)CC2)cc1.O=C(O)C(F)(F)F. The number of hydrogen-bond acceptors (Lipinski definition) is 6. The number of alkyl halides is 3. The molecule has 0 aliphatic carbocycles. The number of carbonyl (C=O) groups excluding carboxylic acids is 2. The Kier molecular flexibility index (Phi) is 10.8. The van der Waals surface area contributed by atoms with Crippen molar-refractivity contribution in [2.24, 2.45) is 0 Å². The summed E-state index contributed by atoms with van der Waals surface area (Å²) in [5, 5.41) is 22.2. The van der Waals surface area contributed by atoms with Gasteiger partial charge in [-0.1, -0.05) is 17.7 Å². The molecule has 3 aromatic carbocycles. The minimum absolute atomic E-state index is 0.0778. The molecule has 1 fully saturated rings. The van der Waals surface area contributed by atoms with Crippen LogP contribution in [0.1, 0.15) is 26.3 Å². The van der Waals surface area contributed by atoms with Gasteiger partial charge in [0.2, 0.25) is 5.91 Å². The van der Waals surface area contributed by atoms with Crippen molar-refractivity contribution in [1.82, 2.24) is 4.90 Å². The number of nitrogens with zero attached hydrogens (tertiary/aromatic N) is 2. The number of hydrogen-bond donors (Lipinski definition) is 4. The smallest absolute Gasteiger partial charge is 0.478 e. The maximum atomic E-state index is 13.1. The molecule has 0 saturated carbocycles. The molecule has 1 saturated heterocycles. The molecule has 1 heterocycles. The third-order valence-corrected chi connectivity index (χ3v) is 6.26. The first-order valence-electron chi connectivity index (χ1n) is 12.8. The summed E-state index contributed by atoms with van der Waals surface area (Å²) in [4.78, 5) is 49.7. The topological polar surface area (TPSA) is 139 Å². The molecular weight excluding hydrogens is 576 g/mol. The van der Waals surface area contributed by atoms with Gasteiger partial charge in [-0.2, -0.15) is 13.2 Å². The van der Waals surface area contributed by atoms with Crippen molar-refractivity contribution >= 4 is 40.8 Å². The number of carboxylic acids is 2. The Bertz CT molecular complexity index is 1460. The molecule has 4 N–H and O–H groups in total. The van der Waals surface area contributed by atoms with Gasteiger partial charge in [-0.25, -0.2) is 14.0 Å². The molecule has 3 aromatic rings. The van der Waals surface area contributed by atoms with Gasteiger partial charge in [0.25, 0.3) is 5.91 Å². The van der Waals surface area contributed by atoms with E-state index in [0.717, 1.165) is 11.3 Å². The fourth-order valence-corrected chi connectivity index (χ4v) is 4.03. The van der Waals surface area contributed by atoms with Crippen LogP contribution in [0.4, 0.5) is 34.6 Å². The van der Waals surface area contributed by atoms with E-state index in [9.17, 15) is 37.1 Å². The lowest BCUT2D eigenvalue weighted by molar-refractivity contribution is -0.192. The Hall–Kier alpha value is -4.98. The van der Waals surface area contributed by atoms with Crippen LogP contribution in [0.5, 0.6) is 0 Å². The van der Waals surface area contributed by atoms with Gasteiger partial charge >= 0.3 is 18.1 Å². The fraction of sp³-hybridized carbons (Fsp3) is 0.241. The van der Waals surface area contributed by atoms with E-state index in [4.69, 9.17) is 9.90 Å². The molecule has 0 unspecified atom stereocenters. The summed E-state index contributed by atoms with van der Waals surface area (Å²) in [6.07, 6.45) is -5.08. The Morgan fingerprint density at radius 2 is 1.37 bits per heavy atom. The minimum atomic E-state index is -5.08. The number of amides is 2. The van der Waals surface area contributed by atoms with Crippen LogP contribution >= 0.6 is 0 Å². The number of anilines is 3. The Morgan fingerprint density at radius 3 is 1.91 bits per heavy atom. The molecule has 0 bridgehead atoms. The highest BCUT2D eigenvalue weighted by atomic mass is 19.4. The quantitative estimate of drug-likeness (QED) is 0.290. The number of rotatable bonds is 7. The summed E-state index contributed by atoms with van der Waals surface area (Å²) in [7, 11) is 0. The maximum absolute atomic E-state index is 13.1. The number of aromatic carboxylic acids is 1. The summed E-state index contributed by atoms with van der Waals surface area (Å²) < 4.78 is 44.8. The summed E-state index contributed by atoms with van der Waals surface area (Å²) >= 11 is 0. The van der Waals surface area contributed by atoms with Gasteiger partial charge in [-0.05, 0) is 61.5 Å². The van der Waals surface area contributed by atoms with E-state index in [1.54, 1.807) is 18.2 Å². The predicted molar refractivity (Wildman–Crippen MR) is 150 cm³/mol. The molecule has 1 aliphatic rings. The lowest BCUT2D eigenvalue weighted by Gasteiger charge is -2.36. The molecule has 0 spiro atoms. The lowest BCUT2D eigenvalue weighted by atomic mass is 10.1. The van der Waals surface area contributed by atoms with Gasteiger partial charge in [0, 0.05) is 37.4 Å². The molecule has 43 heavy (non-hydrogen) atoms. The van der Waals surface area contributed by atoms with Crippen molar-refractivity contribution in [1.29, 1.82) is 0 Å². The minimum Gasteiger partial charge on any atom is -0.478 e. The molecule has 14 heteroatoms. The van der Waals surface area contributed by atoms with E-state index < -0.39 is 18.1 Å². The molecule has 4 rings (SSSR count). The highest BCUT2D eigenvalue weighted by Gasteiger charge is 2.38. The molecular formula is C29H28F4N4O6. The molecule has 0 radical (unpaired) electrons. The van der Waals surface area contributed by atoms with Crippen molar-refractivity contribution in [3.63, 3.8) is 0 Å². The van der Waals surface area contributed by atoms with Crippen molar-refractivity contribution in [3.05, 3.63) is 89.2 Å². The van der Waals surface area contributed by atoms with Gasteiger partial charge in [-0.3, -0.25) is 14.5 Å². The number of piperazine rings is 1. The van der Waals surface area contributed by atoms with Crippen LogP contribution < -0.4 is 15.5 Å². The summed E-state index contributed by atoms with van der Waals surface area (Å²) in [6.45, 7) is 4.50. The van der Waals surface area contributed by atoms with Gasteiger partial charge < -0.3 is 25.7 Å². The van der Waals surface area contributed by atoms with Gasteiger partial charge in [0.05, 0.1) is 23.5 Å². The second-order valence-electron chi connectivity index (χ2n) is 9.48. The largest absolute Gasteiger partial charge is 0.490 e. The van der Waals surface area contributed by atoms with Crippen molar-refractivity contribution in [3.8, 4) is 0 Å². The van der Waals surface area contributed by atoms with Crippen LogP contribution in [0.15, 0.2) is 66.7 Å². The van der Waals surface area contributed by atoms with Gasteiger partial charge in [-0.15, -0.1) is 0 Å². The normalized spacial score (nSPS) is 13.4. The summed E-state index contributed by atoms with van der Waals surface area (Å²) in [6, 6.07) is 17.4. The number of halogens is 4. The van der Waals surface area contributed by atoms with Crippen LogP contribution in [0.2, 0.25) is 0 Å². The summed E-state index contributed by atoms with van der Waals surface area (Å²) in [5.41, 5.74) is 3.26. The number of nitrogens with one attached hydrogen (secondary N) is 2. The summed E-state index contributed by atoms with van der Waals surface area (Å²) in [5.74, 6) is -4.71. The average molecular weight is 605 g/mol. The van der Waals surface area contributed by atoms with E-state index in [1.165, 1.54) is 36.4 Å². The van der Waals surface area contributed by atoms with Gasteiger partial charge in [0.15, 0.2) is 0 Å². The van der Waals surface area contributed by atoms with Crippen LogP contribution in [0.3, 0.4) is 0 Å². The Balaban J connectivity index is 0.000000646. The Morgan fingerprint density at radius 1 is 0.814 bits per heavy atom. The van der Waals surface area contributed by atoms with E-state index in [-0.39, 0.29) is 29.7 Å². The highest BCUT2D eigenvalue weighted by molar-refractivity contribution is 6.06. The molecule has 0 atom stereocenters. The number of carbonyl (C=O) groups is 4. The van der Waals surface area contributed by atoms with Crippen LogP contribution in [0, 0.1) is 12.7 Å². The first-order valence-corrected chi connectivity index (χ1v) is 12.8. The molecule has 0 aromatic heterocycles. The average Bonchev–Trinajstić information content (AvgIpc) is 2.95. The van der Waals surface area contributed by atoms with Crippen LogP contribution in [-0.4, -0.2) is 77.8 Å². The number of aliphatic carboxylic acids is 1. The first-order chi connectivity index (χ1) is 20.2. The number of aryl methyl sites for hydroxylation is 1. The van der Waals surface area contributed by atoms with Crippen LogP contribution in [0.25, 0.3) is 0 Å². The zero-order valence-electron chi connectivity index (χ0n) is 22.8. The number of benzene rings is 3. The fourth-order valence-electron chi connectivity index (χ4n) is 4.03. The van der Waals surface area contributed by atoms with Crippen molar-refractivity contribution < 1.29 is 47.0 Å². The van der Waals surface area contributed by atoms with Gasteiger partial charge in [0.1, 0.15) is 5.82 Å². The van der Waals surface area contributed by atoms with E-state index in [2.05, 4.69) is 15.5 Å². The monoisotopic (exact) mass is 604 g/mol. The third-order valence-electron chi connectivity index (χ3n) is 6.26. The second kappa shape index (κ2) is 14.3. The lowest BCUT2D eigenvalue weighted by Crippen LogP contribution is -2.48. The molecule has 10 nitrogen and oxygen atoms in total. The van der Waals surface area contributed by atoms with Crippen molar-refractivity contribution in [2.45, 2.75) is 13.1 Å². The highest BCUT2D eigenvalue weighted by Crippen LogP contribution is 2.29. The first kappa shape index (κ1) is 32.5. The standard InChI is InChI=1S/C27H27FN4O4.C2HF3O2/c1-18-2-4-19(5-3-18)26(34)30-23-16-20(27(35)36)6-11-24(23)32-14-12-31(13-15-32)17-25(33)29-22-9-7-21(28)8-10-22;3-2(4,5)1(6)7/h2-11,16H,12-15,17H2,1H3,(H,29,33)(H,30,34)(H,35,36);(H,6,7). The third kappa shape index (κ3) is 9.81. The molecule has 2 amide bonds.